The molecule has 1 heterocycles. The van der Waals surface area contributed by atoms with Crippen LogP contribution >= 0.6 is 0 Å². The Labute approximate surface area is 163 Å². The highest BCUT2D eigenvalue weighted by molar-refractivity contribution is 6.03. The Morgan fingerprint density at radius 2 is 1.75 bits per heavy atom. The molecule has 7 nitrogen and oxygen atoms in total. The summed E-state index contributed by atoms with van der Waals surface area (Å²) in [4.78, 5) is 20.9. The number of nitrogens with one attached hydrogen (secondary N) is 2. The first-order valence-electron chi connectivity index (χ1n) is 8.70. The van der Waals surface area contributed by atoms with Gasteiger partial charge in [-0.05, 0) is 43.2 Å². The summed E-state index contributed by atoms with van der Waals surface area (Å²) in [7, 11) is 3.15. The first-order valence-corrected chi connectivity index (χ1v) is 8.70. The number of aromatic nitrogens is 2. The Balaban J connectivity index is 1.78. The summed E-state index contributed by atoms with van der Waals surface area (Å²) in [6.07, 6.45) is 1.35. The van der Waals surface area contributed by atoms with E-state index in [1.165, 1.54) is 6.33 Å². The van der Waals surface area contributed by atoms with Crippen LogP contribution in [0.2, 0.25) is 0 Å². The number of anilines is 3. The maximum absolute atomic E-state index is 12.6. The van der Waals surface area contributed by atoms with Crippen LogP contribution in [-0.2, 0) is 0 Å². The van der Waals surface area contributed by atoms with Crippen LogP contribution in [0, 0.1) is 13.8 Å². The molecule has 0 aliphatic heterocycles. The minimum absolute atomic E-state index is 0.263. The van der Waals surface area contributed by atoms with E-state index >= 15 is 0 Å². The lowest BCUT2D eigenvalue weighted by molar-refractivity contribution is 0.102. The molecule has 0 bridgehead atoms. The number of rotatable bonds is 6. The highest BCUT2D eigenvalue weighted by Gasteiger charge is 2.12. The molecule has 0 aliphatic rings. The van der Waals surface area contributed by atoms with Crippen molar-refractivity contribution < 1.29 is 14.3 Å². The third kappa shape index (κ3) is 4.20. The lowest BCUT2D eigenvalue weighted by atomic mass is 10.1. The Hall–Kier alpha value is -3.61. The number of carbonyl (C=O) groups is 1. The van der Waals surface area contributed by atoms with Crippen molar-refractivity contribution >= 4 is 23.1 Å². The van der Waals surface area contributed by atoms with Crippen molar-refractivity contribution in [3.8, 4) is 11.5 Å². The van der Waals surface area contributed by atoms with Gasteiger partial charge in [-0.15, -0.1) is 0 Å². The van der Waals surface area contributed by atoms with Gasteiger partial charge in [0.15, 0.2) is 11.5 Å². The first-order chi connectivity index (χ1) is 13.5. The van der Waals surface area contributed by atoms with Crippen LogP contribution in [0.5, 0.6) is 11.5 Å². The highest BCUT2D eigenvalue weighted by Crippen LogP contribution is 2.30. The van der Waals surface area contributed by atoms with Crippen LogP contribution in [-0.4, -0.2) is 30.1 Å². The van der Waals surface area contributed by atoms with Crippen molar-refractivity contribution in [3.63, 3.8) is 0 Å². The number of ether oxygens (including phenoxy) is 2. The Kier molecular flexibility index (Phi) is 5.74. The van der Waals surface area contributed by atoms with E-state index < -0.39 is 0 Å². The number of carbonyl (C=O) groups excluding carboxylic acids is 1. The second kappa shape index (κ2) is 8.39. The molecule has 0 aliphatic carbocycles. The van der Waals surface area contributed by atoms with Gasteiger partial charge in [0.25, 0.3) is 5.91 Å². The van der Waals surface area contributed by atoms with Crippen molar-refractivity contribution in [2.75, 3.05) is 24.9 Å². The highest BCUT2D eigenvalue weighted by atomic mass is 16.5. The van der Waals surface area contributed by atoms with Crippen molar-refractivity contribution in [2.45, 2.75) is 13.8 Å². The molecule has 1 aromatic heterocycles. The number of hydrogen-bond acceptors (Lipinski definition) is 6. The number of benzene rings is 2. The van der Waals surface area contributed by atoms with Gasteiger partial charge in [0, 0.05) is 23.5 Å². The fourth-order valence-electron chi connectivity index (χ4n) is 2.68. The molecule has 28 heavy (non-hydrogen) atoms. The molecule has 0 saturated heterocycles. The molecule has 2 N–H and O–H groups in total. The van der Waals surface area contributed by atoms with Gasteiger partial charge in [-0.1, -0.05) is 12.1 Å². The smallest absolute Gasteiger partial charge is 0.274 e. The number of hydrogen-bond donors (Lipinski definition) is 2. The Morgan fingerprint density at radius 1 is 0.964 bits per heavy atom. The summed E-state index contributed by atoms with van der Waals surface area (Å²) >= 11 is 0. The van der Waals surface area contributed by atoms with Gasteiger partial charge in [-0.2, -0.15) is 0 Å². The van der Waals surface area contributed by atoms with Crippen LogP contribution in [0.25, 0.3) is 0 Å². The second-order valence-electron chi connectivity index (χ2n) is 6.18. The summed E-state index contributed by atoms with van der Waals surface area (Å²) in [6, 6.07) is 12.8. The zero-order valence-corrected chi connectivity index (χ0v) is 16.2. The van der Waals surface area contributed by atoms with Crippen LogP contribution < -0.4 is 20.1 Å². The lowest BCUT2D eigenvalue weighted by Crippen LogP contribution is -2.15. The van der Waals surface area contributed by atoms with Crippen molar-refractivity contribution in [1.29, 1.82) is 0 Å². The first kappa shape index (κ1) is 19.2. The minimum atomic E-state index is -0.300. The fourth-order valence-corrected chi connectivity index (χ4v) is 2.68. The normalized spacial score (nSPS) is 10.3. The lowest BCUT2D eigenvalue weighted by Gasteiger charge is -2.12. The minimum Gasteiger partial charge on any atom is -0.493 e. The van der Waals surface area contributed by atoms with Gasteiger partial charge in [0.05, 0.1) is 14.2 Å². The van der Waals surface area contributed by atoms with E-state index in [1.54, 1.807) is 32.4 Å². The van der Waals surface area contributed by atoms with Crippen LogP contribution in [0.3, 0.4) is 0 Å². The third-order valence-corrected chi connectivity index (χ3v) is 4.41. The molecule has 144 valence electrons. The topological polar surface area (TPSA) is 85.4 Å². The van der Waals surface area contributed by atoms with Gasteiger partial charge >= 0.3 is 0 Å². The molecule has 7 heteroatoms. The predicted molar refractivity (Wildman–Crippen MR) is 109 cm³/mol. The maximum Gasteiger partial charge on any atom is 0.274 e. The second-order valence-corrected chi connectivity index (χ2v) is 6.18. The number of aryl methyl sites for hydroxylation is 1. The van der Waals surface area contributed by atoms with E-state index in [0.29, 0.717) is 17.3 Å². The average Bonchev–Trinajstić information content (AvgIpc) is 2.71. The van der Waals surface area contributed by atoms with E-state index in [9.17, 15) is 4.79 Å². The third-order valence-electron chi connectivity index (χ3n) is 4.41. The molecule has 1 amide bonds. The zero-order chi connectivity index (χ0) is 20.1. The summed E-state index contributed by atoms with van der Waals surface area (Å²) in [5, 5.41) is 6.04. The SMILES string of the molecule is COc1ccc(Nc2cc(C(=O)Nc3cccc(C)c3C)ncn2)cc1OC. The standard InChI is InChI=1S/C21H22N4O3/c1-13-6-5-7-16(14(13)2)25-21(26)17-11-20(23-12-22-17)24-15-8-9-18(27-3)19(10-15)28-4/h5-12H,1-4H3,(H,25,26)(H,22,23,24). The van der Waals surface area contributed by atoms with Crippen LogP contribution in [0.4, 0.5) is 17.2 Å². The van der Waals surface area contributed by atoms with Gasteiger partial charge in [-0.25, -0.2) is 9.97 Å². The molecule has 0 saturated carbocycles. The predicted octanol–water partition coefficient (Wildman–Crippen LogP) is 4.11. The molecule has 3 rings (SSSR count). The molecule has 2 aromatic carbocycles. The summed E-state index contributed by atoms with van der Waals surface area (Å²) in [5.41, 5.74) is 3.90. The van der Waals surface area contributed by atoms with Crippen LogP contribution in [0.15, 0.2) is 48.8 Å². The summed E-state index contributed by atoms with van der Waals surface area (Å²) in [5.74, 6) is 1.42. The van der Waals surface area contributed by atoms with E-state index in [-0.39, 0.29) is 11.6 Å². The quantitative estimate of drug-likeness (QED) is 0.671. The summed E-state index contributed by atoms with van der Waals surface area (Å²) in [6.45, 7) is 3.97. The number of amides is 1. The molecular weight excluding hydrogens is 356 g/mol. The van der Waals surface area contributed by atoms with Gasteiger partial charge in [-0.3, -0.25) is 4.79 Å². The van der Waals surface area contributed by atoms with Gasteiger partial charge in [0.2, 0.25) is 0 Å². The fraction of sp³-hybridized carbons (Fsp3) is 0.190. The molecule has 0 spiro atoms. The van der Waals surface area contributed by atoms with Crippen molar-refractivity contribution in [3.05, 3.63) is 65.6 Å². The van der Waals surface area contributed by atoms with E-state index in [0.717, 1.165) is 22.5 Å². The Morgan fingerprint density at radius 3 is 2.50 bits per heavy atom. The zero-order valence-electron chi connectivity index (χ0n) is 16.2. The molecule has 0 radical (unpaired) electrons. The van der Waals surface area contributed by atoms with Crippen molar-refractivity contribution in [2.24, 2.45) is 0 Å². The molecule has 3 aromatic rings. The van der Waals surface area contributed by atoms with Gasteiger partial charge in [0.1, 0.15) is 17.8 Å². The van der Waals surface area contributed by atoms with E-state index in [2.05, 4.69) is 20.6 Å². The molecule has 0 unspecified atom stereocenters. The largest absolute Gasteiger partial charge is 0.493 e. The van der Waals surface area contributed by atoms with Gasteiger partial charge < -0.3 is 20.1 Å². The molecule has 0 atom stereocenters. The number of nitrogens with zero attached hydrogens (tertiary/aromatic N) is 2. The van der Waals surface area contributed by atoms with Crippen molar-refractivity contribution in [1.82, 2.24) is 9.97 Å². The molecular formula is C21H22N4O3. The van der Waals surface area contributed by atoms with E-state index in [1.807, 2.05) is 38.1 Å². The van der Waals surface area contributed by atoms with E-state index in [4.69, 9.17) is 9.47 Å². The van der Waals surface area contributed by atoms with Crippen LogP contribution in [0.1, 0.15) is 21.6 Å². The Bertz CT molecular complexity index is 1000. The average molecular weight is 378 g/mol. The maximum atomic E-state index is 12.6. The number of methoxy groups -OCH3 is 2. The monoisotopic (exact) mass is 378 g/mol. The molecule has 0 fully saturated rings. The summed E-state index contributed by atoms with van der Waals surface area (Å²) < 4.78 is 10.5.